The van der Waals surface area contributed by atoms with Crippen molar-refractivity contribution in [2.24, 2.45) is 0 Å². The minimum absolute atomic E-state index is 0. The van der Waals surface area contributed by atoms with E-state index in [4.69, 9.17) is 0 Å². The largest absolute Gasteiger partial charge is 0 e. The van der Waals surface area contributed by atoms with Gasteiger partial charge in [-0.3, -0.25) is 0 Å². The summed E-state index contributed by atoms with van der Waals surface area (Å²) in [4.78, 5) is 0. The Morgan fingerprint density at radius 1 is 0.333 bits per heavy atom. The van der Waals surface area contributed by atoms with E-state index in [1.807, 2.05) is 0 Å². The molecule has 6 heavy (non-hydrogen) atoms. The second kappa shape index (κ2) is 33.3. The van der Waals surface area contributed by atoms with Gasteiger partial charge in [0.25, 0.3) is 0 Å². The van der Waals surface area contributed by atoms with Gasteiger partial charge in [-0.2, -0.15) is 0 Å². The Kier molecular flexibility index (Phi) is 253. The second-order valence-corrected chi connectivity index (χ2v) is 0. The minimum Gasteiger partial charge on any atom is 0 e. The summed E-state index contributed by atoms with van der Waals surface area (Å²) in [5, 5.41) is 0. The van der Waals surface area contributed by atoms with E-state index in [0.29, 0.717) is 0 Å². The van der Waals surface area contributed by atoms with Crippen molar-refractivity contribution in [2.45, 2.75) is 0 Å². The van der Waals surface area contributed by atoms with Gasteiger partial charge in [-0.1, -0.05) is 0 Å². The topological polar surface area (TPSA) is 0 Å². The van der Waals surface area contributed by atoms with Gasteiger partial charge in [0.1, 0.15) is 0 Å². The molecule has 0 atom stereocenters. The molecule has 0 saturated carbocycles. The van der Waals surface area contributed by atoms with Crippen molar-refractivity contribution < 1.29 is 21.1 Å². The summed E-state index contributed by atoms with van der Waals surface area (Å²) in [7, 11) is 0. The Morgan fingerprint density at radius 3 is 0.333 bits per heavy atom. The first kappa shape index (κ1) is 45.7. The van der Waals surface area contributed by atoms with Crippen LogP contribution in [-0.2, 0) is 21.1 Å². The molecule has 0 aromatic rings. The molecule has 0 rings (SSSR count). The molecular weight excluding hydrogens is 789 g/mol. The molecule has 0 aliphatic rings. The molecular formula is PtSn5. The van der Waals surface area contributed by atoms with Crippen LogP contribution in [0.4, 0.5) is 0 Å². The number of rotatable bonds is 0. The summed E-state index contributed by atoms with van der Waals surface area (Å²) in [5.74, 6) is 0. The quantitative estimate of drug-likeness (QED) is 0.252. The van der Waals surface area contributed by atoms with Crippen molar-refractivity contribution in [1.29, 1.82) is 0 Å². The molecule has 0 aromatic heterocycles. The smallest absolute Gasteiger partial charge is 0 e. The van der Waals surface area contributed by atoms with Crippen molar-refractivity contribution in [3.63, 3.8) is 0 Å². The van der Waals surface area contributed by atoms with E-state index in [9.17, 15) is 0 Å². The van der Waals surface area contributed by atoms with Gasteiger partial charge in [-0.25, -0.2) is 0 Å². The fourth-order valence-corrected chi connectivity index (χ4v) is 0. The first-order valence-corrected chi connectivity index (χ1v) is 0. The molecule has 0 aliphatic carbocycles. The predicted octanol–water partition coefficient (Wildman–Crippen LogP) is -1.91. The third-order valence-corrected chi connectivity index (χ3v) is 0. The van der Waals surface area contributed by atoms with Gasteiger partial charge >= 0.3 is 0 Å². The number of hydrogen-bond donors (Lipinski definition) is 0. The SMILES string of the molecule is [Pt].[Sn].[Sn].[Sn].[Sn].[Sn]. The Labute approximate surface area is 137 Å². The maximum absolute atomic E-state index is 0. The average Bonchev–Trinajstić information content (AvgIpc) is 0. The fraction of sp³-hybridized carbons (Fsp3) is 0. The van der Waals surface area contributed by atoms with Gasteiger partial charge in [0.15, 0.2) is 0 Å². The molecule has 0 spiro atoms. The van der Waals surface area contributed by atoms with Crippen LogP contribution in [0.1, 0.15) is 0 Å². The van der Waals surface area contributed by atoms with E-state index in [1.54, 1.807) is 0 Å². The van der Waals surface area contributed by atoms with E-state index in [0.717, 1.165) is 0 Å². The fourth-order valence-electron chi connectivity index (χ4n) is 0. The molecule has 0 fully saturated rings. The molecule has 0 saturated heterocycles. The number of hydrogen-bond acceptors (Lipinski definition) is 0. The van der Waals surface area contributed by atoms with Crippen LogP contribution in [0.15, 0.2) is 0 Å². The van der Waals surface area contributed by atoms with Gasteiger partial charge in [0.2, 0.25) is 0 Å². The third kappa shape index (κ3) is 23.4. The summed E-state index contributed by atoms with van der Waals surface area (Å²) in [6, 6.07) is 0. The van der Waals surface area contributed by atoms with Crippen molar-refractivity contribution in [2.75, 3.05) is 0 Å². The van der Waals surface area contributed by atoms with Crippen LogP contribution < -0.4 is 0 Å². The molecule has 20 radical (unpaired) electrons. The van der Waals surface area contributed by atoms with E-state index in [1.165, 1.54) is 0 Å². The summed E-state index contributed by atoms with van der Waals surface area (Å²) >= 11 is 0. The monoisotopic (exact) mass is 794 g/mol. The van der Waals surface area contributed by atoms with Crippen LogP contribution in [-0.4, -0.2) is 120 Å². The van der Waals surface area contributed by atoms with Crippen LogP contribution in [0.2, 0.25) is 0 Å². The standard InChI is InChI=1S/Pt.5Sn. The first-order valence-electron chi connectivity index (χ1n) is 0. The molecule has 0 nitrogen and oxygen atoms in total. The normalized spacial score (nSPS) is 0. The molecule has 0 aromatic carbocycles. The molecule has 30 valence electrons. The third-order valence-electron chi connectivity index (χ3n) is 0. The molecule has 0 N–H and O–H groups in total. The van der Waals surface area contributed by atoms with Gasteiger partial charge in [-0.15, -0.1) is 0 Å². The van der Waals surface area contributed by atoms with Crippen LogP contribution in [0.3, 0.4) is 0 Å². The first-order chi connectivity index (χ1) is 0. The zero-order valence-electron chi connectivity index (χ0n) is 2.82. The van der Waals surface area contributed by atoms with Crippen molar-refractivity contribution >= 4 is 120 Å². The second-order valence-electron chi connectivity index (χ2n) is 0. The van der Waals surface area contributed by atoms with E-state index in [-0.39, 0.29) is 141 Å². The molecule has 6 heteroatoms. The van der Waals surface area contributed by atoms with Crippen molar-refractivity contribution in [1.82, 2.24) is 0 Å². The van der Waals surface area contributed by atoms with Crippen molar-refractivity contribution in [3.8, 4) is 0 Å². The predicted molar refractivity (Wildman–Crippen MR) is 28.8 cm³/mol. The van der Waals surface area contributed by atoms with Crippen LogP contribution >= 0.6 is 0 Å². The Bertz CT molecular complexity index is 3.90. The summed E-state index contributed by atoms with van der Waals surface area (Å²) < 4.78 is 0. The van der Waals surface area contributed by atoms with Gasteiger partial charge in [-0.05, 0) is 0 Å². The molecule has 0 aliphatic heterocycles. The van der Waals surface area contributed by atoms with Gasteiger partial charge < -0.3 is 0 Å². The molecule has 0 heterocycles. The Morgan fingerprint density at radius 2 is 0.333 bits per heavy atom. The molecule has 0 unspecified atom stereocenters. The molecule has 0 amide bonds. The zero-order valence-corrected chi connectivity index (χ0v) is 19.4. The van der Waals surface area contributed by atoms with Crippen LogP contribution in [0.25, 0.3) is 0 Å². The minimum atomic E-state index is 0. The summed E-state index contributed by atoms with van der Waals surface area (Å²) in [6.45, 7) is 0. The van der Waals surface area contributed by atoms with Crippen LogP contribution in [0, 0.1) is 0 Å². The molecule has 0 bridgehead atoms. The maximum Gasteiger partial charge on any atom is 0 e. The Balaban J connectivity index is 0. The van der Waals surface area contributed by atoms with E-state index < -0.39 is 0 Å². The van der Waals surface area contributed by atoms with E-state index in [2.05, 4.69) is 0 Å². The maximum atomic E-state index is 0. The van der Waals surface area contributed by atoms with E-state index >= 15 is 0 Å². The summed E-state index contributed by atoms with van der Waals surface area (Å²) in [5.41, 5.74) is 0. The summed E-state index contributed by atoms with van der Waals surface area (Å²) in [6.07, 6.45) is 0. The van der Waals surface area contributed by atoms with Crippen molar-refractivity contribution in [3.05, 3.63) is 0 Å². The van der Waals surface area contributed by atoms with Gasteiger partial charge in [0, 0.05) is 141 Å². The average molecular weight is 789 g/mol. The van der Waals surface area contributed by atoms with Crippen LogP contribution in [0.5, 0.6) is 0 Å². The Hall–Kier alpha value is 4.68. The zero-order chi connectivity index (χ0) is 0. The van der Waals surface area contributed by atoms with Gasteiger partial charge in [0.05, 0.1) is 0 Å².